The SMILES string of the molecule is Cc1c(O)c2c(c(C)c1O[C@@H]1O[C@H](CO)[C@@H](O)[C@H](O)[C@H]1O)OC(c1ccc(O)c(O)c1)CC2=O. The average molecular weight is 478 g/mol. The maximum Gasteiger partial charge on any atom is 0.229 e. The fourth-order valence-corrected chi connectivity index (χ4v) is 4.22. The third kappa shape index (κ3) is 3.91. The van der Waals surface area contributed by atoms with E-state index in [9.17, 15) is 40.5 Å². The molecule has 4 rings (SSSR count). The standard InChI is InChI=1S/C23H26O11/c1-8-17(28)16-13(27)6-14(10-3-4-11(25)12(26)5-10)32-22(16)9(2)21(8)34-23-20(31)19(30)18(29)15(7-24)33-23/h3-5,14-15,18-20,23-26,28-31H,6-7H2,1-2H3/t14?,15-,18-,19+,20-,23+/m1/s1. The largest absolute Gasteiger partial charge is 0.507 e. The van der Waals surface area contributed by atoms with E-state index in [0.717, 1.165) is 0 Å². The summed E-state index contributed by atoms with van der Waals surface area (Å²) in [6.07, 6.45) is -8.56. The van der Waals surface area contributed by atoms with Crippen LogP contribution in [-0.4, -0.2) is 78.8 Å². The van der Waals surface area contributed by atoms with E-state index in [2.05, 4.69) is 0 Å². The number of carbonyl (C=O) groups is 1. The van der Waals surface area contributed by atoms with Crippen LogP contribution in [0.4, 0.5) is 0 Å². The number of carbonyl (C=O) groups excluding carboxylic acids is 1. The van der Waals surface area contributed by atoms with Gasteiger partial charge in [-0.2, -0.15) is 0 Å². The van der Waals surface area contributed by atoms with Crippen LogP contribution in [0.15, 0.2) is 18.2 Å². The first kappa shape index (κ1) is 24.0. The molecule has 1 fully saturated rings. The molecule has 0 radical (unpaired) electrons. The molecule has 0 spiro atoms. The van der Waals surface area contributed by atoms with Gasteiger partial charge in [0.05, 0.1) is 13.0 Å². The molecule has 2 aromatic rings. The van der Waals surface area contributed by atoms with Crippen LogP contribution in [0.3, 0.4) is 0 Å². The highest BCUT2D eigenvalue weighted by Gasteiger charge is 2.45. The summed E-state index contributed by atoms with van der Waals surface area (Å²) >= 11 is 0. The third-order valence-electron chi connectivity index (χ3n) is 6.20. The van der Waals surface area contributed by atoms with E-state index < -0.39 is 54.9 Å². The lowest BCUT2D eigenvalue weighted by Gasteiger charge is -2.40. The van der Waals surface area contributed by atoms with E-state index in [0.29, 0.717) is 11.1 Å². The number of hydrogen-bond donors (Lipinski definition) is 7. The second-order valence-corrected chi connectivity index (χ2v) is 8.43. The number of aliphatic hydroxyl groups excluding tert-OH is 4. The van der Waals surface area contributed by atoms with Crippen molar-refractivity contribution in [1.82, 2.24) is 0 Å². The van der Waals surface area contributed by atoms with Crippen molar-refractivity contribution in [2.45, 2.75) is 57.1 Å². The minimum absolute atomic E-state index is 0.0163. The number of ether oxygens (including phenoxy) is 3. The zero-order valence-electron chi connectivity index (χ0n) is 18.4. The highest BCUT2D eigenvalue weighted by atomic mass is 16.7. The molecule has 1 unspecified atom stereocenters. The van der Waals surface area contributed by atoms with Crippen molar-refractivity contribution in [2.24, 2.45) is 0 Å². The maximum atomic E-state index is 12.9. The molecular weight excluding hydrogens is 452 g/mol. The van der Waals surface area contributed by atoms with Crippen LogP contribution in [0.5, 0.6) is 28.7 Å². The summed E-state index contributed by atoms with van der Waals surface area (Å²) in [4.78, 5) is 12.9. The summed E-state index contributed by atoms with van der Waals surface area (Å²) in [6, 6.07) is 4.03. The van der Waals surface area contributed by atoms with Crippen molar-refractivity contribution in [3.05, 3.63) is 40.5 Å². The Morgan fingerprint density at radius 1 is 1.00 bits per heavy atom. The highest BCUT2D eigenvalue weighted by molar-refractivity contribution is 6.03. The zero-order chi connectivity index (χ0) is 24.9. The van der Waals surface area contributed by atoms with Gasteiger partial charge >= 0.3 is 0 Å². The first-order valence-corrected chi connectivity index (χ1v) is 10.6. The molecule has 2 aromatic carbocycles. The van der Waals surface area contributed by atoms with Gasteiger partial charge in [0.2, 0.25) is 6.29 Å². The summed E-state index contributed by atoms with van der Waals surface area (Å²) in [5.41, 5.74) is 0.828. The number of benzene rings is 2. The molecular formula is C23H26O11. The Balaban J connectivity index is 1.71. The number of rotatable bonds is 4. The van der Waals surface area contributed by atoms with Crippen LogP contribution in [0.2, 0.25) is 0 Å². The third-order valence-corrected chi connectivity index (χ3v) is 6.20. The monoisotopic (exact) mass is 478 g/mol. The average Bonchev–Trinajstić information content (AvgIpc) is 2.81. The van der Waals surface area contributed by atoms with Crippen molar-refractivity contribution >= 4 is 5.78 Å². The highest BCUT2D eigenvalue weighted by Crippen LogP contribution is 2.48. The van der Waals surface area contributed by atoms with Crippen LogP contribution in [0, 0.1) is 13.8 Å². The first-order chi connectivity index (χ1) is 16.0. The number of aliphatic hydroxyl groups is 4. The lowest BCUT2D eigenvalue weighted by atomic mass is 9.91. The molecule has 6 atom stereocenters. The van der Waals surface area contributed by atoms with Crippen LogP contribution in [0.25, 0.3) is 0 Å². The summed E-state index contributed by atoms with van der Waals surface area (Å²) in [5, 5.41) is 69.9. The lowest BCUT2D eigenvalue weighted by molar-refractivity contribution is -0.277. The van der Waals surface area contributed by atoms with Crippen LogP contribution < -0.4 is 9.47 Å². The molecule has 184 valence electrons. The van der Waals surface area contributed by atoms with Crippen LogP contribution in [-0.2, 0) is 4.74 Å². The van der Waals surface area contributed by atoms with Crippen molar-refractivity contribution in [1.29, 1.82) is 0 Å². The Labute approximate surface area is 194 Å². The van der Waals surface area contributed by atoms with Gasteiger partial charge in [-0.3, -0.25) is 4.79 Å². The maximum absolute atomic E-state index is 12.9. The number of phenolic OH excluding ortho intramolecular Hbond substituents is 3. The van der Waals surface area contributed by atoms with Crippen molar-refractivity contribution in [3.63, 3.8) is 0 Å². The second-order valence-electron chi connectivity index (χ2n) is 8.43. The number of ketones is 1. The minimum Gasteiger partial charge on any atom is -0.507 e. The van der Waals surface area contributed by atoms with Gasteiger partial charge in [0.25, 0.3) is 0 Å². The minimum atomic E-state index is -1.68. The Hall–Kier alpha value is -3.09. The van der Waals surface area contributed by atoms with Crippen molar-refractivity contribution in [2.75, 3.05) is 6.61 Å². The Morgan fingerprint density at radius 3 is 2.35 bits per heavy atom. The van der Waals surface area contributed by atoms with Gasteiger partial charge < -0.3 is 50.0 Å². The smallest absolute Gasteiger partial charge is 0.229 e. The molecule has 11 heteroatoms. The number of phenols is 3. The van der Waals surface area contributed by atoms with E-state index in [1.165, 1.54) is 25.1 Å². The summed E-state index contributed by atoms with van der Waals surface area (Å²) in [7, 11) is 0. The second kappa shape index (κ2) is 8.93. The topological polar surface area (TPSA) is 186 Å². The molecule has 0 saturated carbocycles. The molecule has 2 aliphatic rings. The fraction of sp³-hybridized carbons (Fsp3) is 0.435. The molecule has 34 heavy (non-hydrogen) atoms. The molecule has 7 N–H and O–H groups in total. The summed E-state index contributed by atoms with van der Waals surface area (Å²) in [6.45, 7) is 2.41. The molecule has 2 aliphatic heterocycles. The van der Waals surface area contributed by atoms with Gasteiger partial charge in [-0.25, -0.2) is 0 Å². The van der Waals surface area contributed by atoms with E-state index in [4.69, 9.17) is 14.2 Å². The molecule has 1 saturated heterocycles. The number of hydrogen-bond acceptors (Lipinski definition) is 11. The zero-order valence-corrected chi connectivity index (χ0v) is 18.4. The van der Waals surface area contributed by atoms with Crippen molar-refractivity contribution < 1.29 is 54.8 Å². The Morgan fingerprint density at radius 2 is 1.71 bits per heavy atom. The van der Waals surface area contributed by atoms with Crippen molar-refractivity contribution in [3.8, 4) is 28.7 Å². The van der Waals surface area contributed by atoms with E-state index in [1.807, 2.05) is 0 Å². The summed E-state index contributed by atoms with van der Waals surface area (Å²) < 4.78 is 17.2. The quantitative estimate of drug-likeness (QED) is 0.300. The fourth-order valence-electron chi connectivity index (χ4n) is 4.22. The van der Waals surface area contributed by atoms with Crippen LogP contribution >= 0.6 is 0 Å². The number of Topliss-reactive ketones (excluding diaryl/α,β-unsaturated/α-hetero) is 1. The Bertz CT molecular complexity index is 1110. The van der Waals surface area contributed by atoms with Gasteiger partial charge in [-0.15, -0.1) is 0 Å². The molecule has 0 bridgehead atoms. The lowest BCUT2D eigenvalue weighted by Crippen LogP contribution is -2.60. The number of aromatic hydroxyl groups is 3. The Kier molecular flexibility index (Phi) is 6.32. The molecule has 0 amide bonds. The molecule has 11 nitrogen and oxygen atoms in total. The van der Waals surface area contributed by atoms with Gasteiger partial charge in [0.15, 0.2) is 17.3 Å². The number of fused-ring (bicyclic) bond motifs is 1. The molecule has 2 heterocycles. The van der Waals surface area contributed by atoms with E-state index in [1.54, 1.807) is 6.92 Å². The van der Waals surface area contributed by atoms with E-state index in [-0.39, 0.29) is 40.5 Å². The normalized spacial score (nSPS) is 28.8. The van der Waals surface area contributed by atoms with E-state index >= 15 is 0 Å². The summed E-state index contributed by atoms with van der Waals surface area (Å²) in [5.74, 6) is -1.47. The van der Waals surface area contributed by atoms with Gasteiger partial charge in [-0.05, 0) is 31.5 Å². The molecule has 0 aliphatic carbocycles. The first-order valence-electron chi connectivity index (χ1n) is 10.6. The van der Waals surface area contributed by atoms with Gasteiger partial charge in [0.1, 0.15) is 53.3 Å². The van der Waals surface area contributed by atoms with Gasteiger partial charge in [-0.1, -0.05) is 6.07 Å². The predicted octanol–water partition coefficient (Wildman–Crippen LogP) is 0.305. The predicted molar refractivity (Wildman–Crippen MR) is 114 cm³/mol. The van der Waals surface area contributed by atoms with Gasteiger partial charge in [0, 0.05) is 11.1 Å². The molecule has 0 aromatic heterocycles. The van der Waals surface area contributed by atoms with Crippen LogP contribution in [0.1, 0.15) is 39.6 Å².